The third-order valence-electron chi connectivity index (χ3n) is 3.54. The smallest absolute Gasteiger partial charge is 0.229 e. The fraction of sp³-hybridized carbons (Fsp3) is 0.250. The quantitative estimate of drug-likeness (QED) is 0.741. The van der Waals surface area contributed by atoms with E-state index in [0.717, 1.165) is 35.1 Å². The van der Waals surface area contributed by atoms with Crippen LogP contribution in [0.3, 0.4) is 0 Å². The Kier molecular flexibility index (Phi) is 3.14. The van der Waals surface area contributed by atoms with Crippen LogP contribution in [-0.2, 0) is 0 Å². The van der Waals surface area contributed by atoms with Crippen molar-refractivity contribution >= 4 is 27.7 Å². The van der Waals surface area contributed by atoms with Crippen LogP contribution in [0.15, 0.2) is 40.8 Å². The van der Waals surface area contributed by atoms with Crippen molar-refractivity contribution in [1.29, 1.82) is 5.41 Å². The second-order valence-corrected chi connectivity index (χ2v) is 4.73. The maximum atomic E-state index is 7.54. The van der Waals surface area contributed by atoms with Gasteiger partial charge in [0.05, 0.1) is 5.52 Å². The summed E-state index contributed by atoms with van der Waals surface area (Å²) in [5, 5.41) is 9.55. The number of hydrogen-bond donors (Lipinski definition) is 1. The standard InChI is InChI=1S/C16H17N3O/c1-3-19(4-2)13-7-5-11-9-12-6-8-15(17)20-16(12)18-14(11)10-13/h5-10,17H,3-4H2,1-2H3. The van der Waals surface area contributed by atoms with Gasteiger partial charge in [-0.1, -0.05) is 6.07 Å². The zero-order chi connectivity index (χ0) is 14.1. The highest BCUT2D eigenvalue weighted by Gasteiger charge is 2.06. The van der Waals surface area contributed by atoms with Crippen molar-refractivity contribution in [3.63, 3.8) is 0 Å². The van der Waals surface area contributed by atoms with Crippen molar-refractivity contribution in [2.75, 3.05) is 18.0 Å². The Morgan fingerprint density at radius 1 is 1.05 bits per heavy atom. The van der Waals surface area contributed by atoms with Crippen LogP contribution in [0.4, 0.5) is 5.69 Å². The molecule has 102 valence electrons. The summed E-state index contributed by atoms with van der Waals surface area (Å²) in [6.07, 6.45) is 0. The number of nitrogens with one attached hydrogen (secondary N) is 1. The average Bonchev–Trinajstić information content (AvgIpc) is 2.46. The molecular formula is C16H17N3O. The second-order valence-electron chi connectivity index (χ2n) is 4.73. The molecule has 0 amide bonds. The highest BCUT2D eigenvalue weighted by Crippen LogP contribution is 2.23. The third-order valence-corrected chi connectivity index (χ3v) is 3.54. The monoisotopic (exact) mass is 267 g/mol. The van der Waals surface area contributed by atoms with Crippen LogP contribution < -0.4 is 10.5 Å². The molecule has 0 saturated carbocycles. The van der Waals surface area contributed by atoms with Gasteiger partial charge in [-0.3, -0.25) is 5.41 Å². The van der Waals surface area contributed by atoms with Crippen LogP contribution in [0.5, 0.6) is 0 Å². The molecule has 2 heterocycles. The Morgan fingerprint density at radius 2 is 1.80 bits per heavy atom. The van der Waals surface area contributed by atoms with Crippen LogP contribution in [-0.4, -0.2) is 18.1 Å². The van der Waals surface area contributed by atoms with Gasteiger partial charge in [0.15, 0.2) is 0 Å². The Labute approximate surface area is 117 Å². The van der Waals surface area contributed by atoms with E-state index in [1.54, 1.807) is 6.07 Å². The predicted octanol–water partition coefficient (Wildman–Crippen LogP) is 3.31. The Balaban J connectivity index is 2.22. The number of aromatic nitrogens is 1. The average molecular weight is 267 g/mol. The SMILES string of the molecule is CCN(CC)c1ccc2cc3ccc(=N)oc3nc2c1. The molecule has 0 bridgehead atoms. The number of pyridine rings is 1. The molecule has 0 aliphatic rings. The molecule has 2 aromatic heterocycles. The lowest BCUT2D eigenvalue weighted by atomic mass is 10.1. The first-order valence-corrected chi connectivity index (χ1v) is 6.85. The lowest BCUT2D eigenvalue weighted by molar-refractivity contribution is 0.524. The van der Waals surface area contributed by atoms with Gasteiger partial charge in [-0.15, -0.1) is 0 Å². The van der Waals surface area contributed by atoms with Gasteiger partial charge in [0.1, 0.15) is 0 Å². The van der Waals surface area contributed by atoms with E-state index in [-0.39, 0.29) is 5.55 Å². The molecule has 0 atom stereocenters. The van der Waals surface area contributed by atoms with Gasteiger partial charge in [-0.2, -0.15) is 0 Å². The van der Waals surface area contributed by atoms with Gasteiger partial charge in [0.2, 0.25) is 11.3 Å². The van der Waals surface area contributed by atoms with E-state index in [0.29, 0.717) is 5.71 Å². The molecule has 0 radical (unpaired) electrons. The normalized spacial score (nSPS) is 11.1. The van der Waals surface area contributed by atoms with E-state index in [2.05, 4.69) is 41.9 Å². The summed E-state index contributed by atoms with van der Waals surface area (Å²) in [7, 11) is 0. The van der Waals surface area contributed by atoms with E-state index in [1.165, 1.54) is 0 Å². The van der Waals surface area contributed by atoms with E-state index < -0.39 is 0 Å². The highest BCUT2D eigenvalue weighted by atomic mass is 16.3. The molecule has 0 aliphatic carbocycles. The molecule has 3 aromatic rings. The summed E-state index contributed by atoms with van der Waals surface area (Å²) in [4.78, 5) is 6.82. The molecule has 0 saturated heterocycles. The fourth-order valence-electron chi connectivity index (χ4n) is 2.44. The molecule has 4 nitrogen and oxygen atoms in total. The molecule has 0 fully saturated rings. The summed E-state index contributed by atoms with van der Waals surface area (Å²) in [6.45, 7) is 6.22. The lowest BCUT2D eigenvalue weighted by Gasteiger charge is -2.21. The van der Waals surface area contributed by atoms with Gasteiger partial charge in [0.25, 0.3) is 0 Å². The predicted molar refractivity (Wildman–Crippen MR) is 80.9 cm³/mol. The van der Waals surface area contributed by atoms with Crippen molar-refractivity contribution < 1.29 is 4.42 Å². The minimum Gasteiger partial charge on any atom is -0.421 e. The van der Waals surface area contributed by atoms with Crippen LogP contribution in [0.1, 0.15) is 13.8 Å². The topological polar surface area (TPSA) is 53.1 Å². The molecule has 0 spiro atoms. The summed E-state index contributed by atoms with van der Waals surface area (Å²) < 4.78 is 5.36. The van der Waals surface area contributed by atoms with Crippen LogP contribution in [0.25, 0.3) is 22.0 Å². The van der Waals surface area contributed by atoms with Gasteiger partial charge in [-0.05, 0) is 38.1 Å². The van der Waals surface area contributed by atoms with Crippen LogP contribution in [0, 0.1) is 5.41 Å². The lowest BCUT2D eigenvalue weighted by Crippen LogP contribution is -2.21. The molecule has 1 N–H and O–H groups in total. The molecule has 1 aromatic carbocycles. The van der Waals surface area contributed by atoms with E-state index >= 15 is 0 Å². The minimum absolute atomic E-state index is 0.129. The first-order valence-electron chi connectivity index (χ1n) is 6.85. The number of hydrogen-bond acceptors (Lipinski definition) is 4. The van der Waals surface area contributed by atoms with Crippen LogP contribution in [0.2, 0.25) is 0 Å². The Hall–Kier alpha value is -2.36. The highest BCUT2D eigenvalue weighted by molar-refractivity contribution is 5.91. The van der Waals surface area contributed by atoms with Gasteiger partial charge in [-0.25, -0.2) is 4.98 Å². The van der Waals surface area contributed by atoms with Crippen molar-refractivity contribution in [1.82, 2.24) is 4.98 Å². The molecule has 0 aliphatic heterocycles. The van der Waals surface area contributed by atoms with Crippen molar-refractivity contribution in [2.45, 2.75) is 13.8 Å². The third kappa shape index (κ3) is 2.13. The van der Waals surface area contributed by atoms with Crippen molar-refractivity contribution in [2.24, 2.45) is 0 Å². The zero-order valence-electron chi connectivity index (χ0n) is 11.7. The maximum Gasteiger partial charge on any atom is 0.229 e. The molecule has 3 rings (SSSR count). The number of anilines is 1. The summed E-state index contributed by atoms with van der Waals surface area (Å²) >= 11 is 0. The maximum absolute atomic E-state index is 7.54. The number of fused-ring (bicyclic) bond motifs is 2. The molecule has 20 heavy (non-hydrogen) atoms. The molecular weight excluding hydrogens is 250 g/mol. The minimum atomic E-state index is 0.129. The zero-order valence-corrected chi connectivity index (χ0v) is 11.7. The van der Waals surface area contributed by atoms with Gasteiger partial charge >= 0.3 is 0 Å². The van der Waals surface area contributed by atoms with Crippen molar-refractivity contribution in [3.05, 3.63) is 42.0 Å². The Bertz CT molecular complexity index is 819. The van der Waals surface area contributed by atoms with E-state index in [1.807, 2.05) is 12.1 Å². The summed E-state index contributed by atoms with van der Waals surface area (Å²) in [5.74, 6) is 0. The fourth-order valence-corrected chi connectivity index (χ4v) is 2.44. The number of nitrogens with zero attached hydrogens (tertiary/aromatic N) is 2. The second kappa shape index (κ2) is 4.96. The largest absolute Gasteiger partial charge is 0.421 e. The van der Waals surface area contributed by atoms with E-state index in [4.69, 9.17) is 9.83 Å². The van der Waals surface area contributed by atoms with Crippen molar-refractivity contribution in [3.8, 4) is 0 Å². The van der Waals surface area contributed by atoms with E-state index in [9.17, 15) is 0 Å². The number of benzene rings is 1. The van der Waals surface area contributed by atoms with Crippen LogP contribution >= 0.6 is 0 Å². The van der Waals surface area contributed by atoms with Gasteiger partial charge < -0.3 is 9.32 Å². The summed E-state index contributed by atoms with van der Waals surface area (Å²) in [6, 6.07) is 11.8. The summed E-state index contributed by atoms with van der Waals surface area (Å²) in [5.41, 5.74) is 2.71. The Morgan fingerprint density at radius 3 is 2.55 bits per heavy atom. The first kappa shape index (κ1) is 12.7. The molecule has 0 unspecified atom stereocenters. The first-order chi connectivity index (χ1) is 9.71. The van der Waals surface area contributed by atoms with Gasteiger partial charge in [0, 0.05) is 35.6 Å². The number of rotatable bonds is 3. The molecule has 4 heteroatoms.